The van der Waals surface area contributed by atoms with Crippen molar-refractivity contribution in [3.63, 3.8) is 0 Å². The Morgan fingerprint density at radius 1 is 0.521 bits per heavy atom. The van der Waals surface area contributed by atoms with Crippen LogP contribution in [0.2, 0.25) is 0 Å². The van der Waals surface area contributed by atoms with E-state index in [0.717, 1.165) is 28.3 Å². The van der Waals surface area contributed by atoms with Crippen molar-refractivity contribution in [2.75, 3.05) is 4.90 Å². The van der Waals surface area contributed by atoms with Gasteiger partial charge in [0.05, 0.1) is 11.2 Å². The third-order valence-electron chi connectivity index (χ3n) is 9.72. The molecule has 0 radical (unpaired) electrons. The molecule has 3 nitrogen and oxygen atoms in total. The van der Waals surface area contributed by atoms with Crippen LogP contribution in [0.1, 0.15) is 30.0 Å². The van der Waals surface area contributed by atoms with Crippen molar-refractivity contribution in [1.29, 1.82) is 0 Å². The monoisotopic (exact) mass is 617 g/mol. The molecule has 0 unspecified atom stereocenters. The maximum atomic E-state index is 5.27. The Hall–Kier alpha value is -5.93. The Labute approximate surface area is 281 Å². The second-order valence-electron chi connectivity index (χ2n) is 12.9. The first-order valence-electron chi connectivity index (χ1n) is 16.8. The van der Waals surface area contributed by atoms with E-state index in [1.807, 2.05) is 0 Å². The van der Waals surface area contributed by atoms with E-state index in [1.54, 1.807) is 0 Å². The zero-order valence-electron chi connectivity index (χ0n) is 26.9. The van der Waals surface area contributed by atoms with Gasteiger partial charge in [-0.3, -0.25) is 0 Å². The minimum absolute atomic E-state index is 0.597. The van der Waals surface area contributed by atoms with Crippen molar-refractivity contribution >= 4 is 33.4 Å². The molecule has 48 heavy (non-hydrogen) atoms. The van der Waals surface area contributed by atoms with Crippen molar-refractivity contribution < 1.29 is 0 Å². The molecule has 2 heterocycles. The minimum Gasteiger partial charge on any atom is -0.310 e. The van der Waals surface area contributed by atoms with Crippen molar-refractivity contribution in [3.8, 4) is 33.5 Å². The highest BCUT2D eigenvalue weighted by atomic mass is 15.2. The standard InChI is InChI=1S/C45H35N3/c1-31-44(46-48-43(35-19-20-35)30-38-15-8-9-18-42(38)45(31)48)36-23-27-40(28-24-36)47(39-25-21-34(22-26-39)32-11-4-2-5-12-32)41-17-10-16-37(29-41)33-13-6-3-7-14-33/h2-18,21-30,35H,19-20H2,1H3. The number of fused-ring (bicyclic) bond motifs is 3. The molecule has 2 aromatic heterocycles. The topological polar surface area (TPSA) is 20.5 Å². The fourth-order valence-electron chi connectivity index (χ4n) is 7.11. The summed E-state index contributed by atoms with van der Waals surface area (Å²) in [5, 5.41) is 7.83. The number of benzene rings is 6. The number of nitrogens with zero attached hydrogens (tertiary/aromatic N) is 3. The number of hydrogen-bond acceptors (Lipinski definition) is 2. The van der Waals surface area contributed by atoms with Crippen LogP contribution in [0, 0.1) is 6.92 Å². The van der Waals surface area contributed by atoms with E-state index in [0.29, 0.717) is 5.92 Å². The van der Waals surface area contributed by atoms with E-state index in [2.05, 4.69) is 180 Å². The average Bonchev–Trinajstić information content (AvgIpc) is 3.95. The van der Waals surface area contributed by atoms with E-state index in [4.69, 9.17) is 5.10 Å². The van der Waals surface area contributed by atoms with Gasteiger partial charge in [0, 0.05) is 45.2 Å². The predicted octanol–water partition coefficient (Wildman–Crippen LogP) is 12.1. The molecule has 0 saturated heterocycles. The summed E-state index contributed by atoms with van der Waals surface area (Å²) in [6, 6.07) is 58.9. The first kappa shape index (κ1) is 28.3. The van der Waals surface area contributed by atoms with E-state index >= 15 is 0 Å². The van der Waals surface area contributed by atoms with Crippen LogP contribution >= 0.6 is 0 Å². The zero-order valence-corrected chi connectivity index (χ0v) is 26.9. The predicted molar refractivity (Wildman–Crippen MR) is 200 cm³/mol. The number of aryl methyl sites for hydroxylation is 1. The summed E-state index contributed by atoms with van der Waals surface area (Å²) in [7, 11) is 0. The highest BCUT2D eigenvalue weighted by molar-refractivity contribution is 5.99. The molecule has 1 aliphatic carbocycles. The normalized spacial score (nSPS) is 12.9. The number of anilines is 3. The van der Waals surface area contributed by atoms with Crippen LogP contribution in [0.15, 0.2) is 164 Å². The fourth-order valence-corrected chi connectivity index (χ4v) is 7.11. The van der Waals surface area contributed by atoms with Gasteiger partial charge in [-0.1, -0.05) is 121 Å². The molecule has 230 valence electrons. The van der Waals surface area contributed by atoms with Gasteiger partial charge < -0.3 is 4.90 Å². The molecule has 0 aliphatic heterocycles. The van der Waals surface area contributed by atoms with Gasteiger partial charge >= 0.3 is 0 Å². The maximum absolute atomic E-state index is 5.27. The molecule has 0 bridgehead atoms. The molecule has 0 spiro atoms. The first-order valence-corrected chi connectivity index (χ1v) is 16.8. The van der Waals surface area contributed by atoms with E-state index in [1.165, 1.54) is 62.6 Å². The van der Waals surface area contributed by atoms with Gasteiger partial charge in [0.15, 0.2) is 0 Å². The SMILES string of the molecule is Cc1c(-c2ccc(N(c3ccc(-c4ccccc4)cc3)c3cccc(-c4ccccc4)c3)cc2)nn2c(C3CC3)cc3ccccc3c12. The van der Waals surface area contributed by atoms with Crippen molar-refractivity contribution in [3.05, 3.63) is 175 Å². The van der Waals surface area contributed by atoms with Crippen LogP contribution < -0.4 is 4.90 Å². The van der Waals surface area contributed by atoms with Crippen LogP contribution in [0.4, 0.5) is 17.1 Å². The number of rotatable bonds is 7. The average molecular weight is 618 g/mol. The summed E-state index contributed by atoms with van der Waals surface area (Å²) in [6.45, 7) is 2.23. The third-order valence-corrected chi connectivity index (χ3v) is 9.72. The van der Waals surface area contributed by atoms with Crippen LogP contribution in [0.25, 0.3) is 49.8 Å². The van der Waals surface area contributed by atoms with Crippen molar-refractivity contribution in [2.24, 2.45) is 0 Å². The molecular formula is C45H35N3. The van der Waals surface area contributed by atoms with Gasteiger partial charge in [0.1, 0.15) is 0 Å². The summed E-state index contributed by atoms with van der Waals surface area (Å²) in [4.78, 5) is 2.35. The van der Waals surface area contributed by atoms with E-state index in [-0.39, 0.29) is 0 Å². The van der Waals surface area contributed by atoms with E-state index in [9.17, 15) is 0 Å². The molecule has 0 N–H and O–H groups in total. The summed E-state index contributed by atoms with van der Waals surface area (Å²) in [5.41, 5.74) is 14.1. The summed E-state index contributed by atoms with van der Waals surface area (Å²) < 4.78 is 2.23. The smallest absolute Gasteiger partial charge is 0.0963 e. The lowest BCUT2D eigenvalue weighted by Gasteiger charge is -2.26. The van der Waals surface area contributed by atoms with Crippen molar-refractivity contribution in [2.45, 2.75) is 25.7 Å². The van der Waals surface area contributed by atoms with Crippen molar-refractivity contribution in [1.82, 2.24) is 9.61 Å². The summed E-state index contributed by atoms with van der Waals surface area (Å²) in [6.07, 6.45) is 2.48. The fraction of sp³-hybridized carbons (Fsp3) is 0.0889. The lowest BCUT2D eigenvalue weighted by Crippen LogP contribution is -2.10. The zero-order chi connectivity index (χ0) is 32.0. The molecule has 1 saturated carbocycles. The number of pyridine rings is 1. The maximum Gasteiger partial charge on any atom is 0.0963 e. The third kappa shape index (κ3) is 5.05. The highest BCUT2D eigenvalue weighted by Crippen LogP contribution is 2.43. The lowest BCUT2D eigenvalue weighted by molar-refractivity contribution is 0.866. The first-order chi connectivity index (χ1) is 23.7. The van der Waals surface area contributed by atoms with Crippen LogP contribution in [0.3, 0.4) is 0 Å². The van der Waals surface area contributed by atoms with Gasteiger partial charge in [0.2, 0.25) is 0 Å². The van der Waals surface area contributed by atoms with E-state index < -0.39 is 0 Å². The lowest BCUT2D eigenvalue weighted by atomic mass is 10.0. The molecule has 3 heteroatoms. The molecular weight excluding hydrogens is 583 g/mol. The highest BCUT2D eigenvalue weighted by Gasteiger charge is 2.28. The van der Waals surface area contributed by atoms with Gasteiger partial charge in [-0.15, -0.1) is 0 Å². The molecule has 8 aromatic rings. The number of aromatic nitrogens is 2. The van der Waals surface area contributed by atoms with Crippen LogP contribution in [-0.4, -0.2) is 9.61 Å². The molecule has 1 fully saturated rings. The second-order valence-corrected chi connectivity index (χ2v) is 12.9. The van der Waals surface area contributed by atoms with Crippen LogP contribution in [-0.2, 0) is 0 Å². The Bertz CT molecular complexity index is 2390. The van der Waals surface area contributed by atoms with Gasteiger partial charge in [0.25, 0.3) is 0 Å². The Kier molecular flexibility index (Phi) is 6.90. The largest absolute Gasteiger partial charge is 0.310 e. The number of hydrogen-bond donors (Lipinski definition) is 0. The molecule has 0 amide bonds. The molecule has 0 atom stereocenters. The van der Waals surface area contributed by atoms with Gasteiger partial charge in [-0.25, -0.2) is 4.52 Å². The summed E-state index contributed by atoms with van der Waals surface area (Å²) >= 11 is 0. The summed E-state index contributed by atoms with van der Waals surface area (Å²) in [5.74, 6) is 0.597. The molecule has 9 rings (SSSR count). The van der Waals surface area contributed by atoms with Crippen LogP contribution in [0.5, 0.6) is 0 Å². The Morgan fingerprint density at radius 3 is 1.75 bits per heavy atom. The van der Waals surface area contributed by atoms with Gasteiger partial charge in [-0.05, 0) is 89.9 Å². The Balaban J connectivity index is 1.14. The Morgan fingerprint density at radius 2 is 1.08 bits per heavy atom. The quantitative estimate of drug-likeness (QED) is 0.177. The van der Waals surface area contributed by atoms with Gasteiger partial charge in [-0.2, -0.15) is 5.10 Å². The molecule has 6 aromatic carbocycles. The minimum atomic E-state index is 0.597. The molecule has 1 aliphatic rings. The second kappa shape index (κ2) is 11.7.